The van der Waals surface area contributed by atoms with Crippen molar-refractivity contribution in [3.8, 4) is 6.07 Å². The highest BCUT2D eigenvalue weighted by Crippen LogP contribution is 2.61. The zero-order chi connectivity index (χ0) is 10.5. The van der Waals surface area contributed by atoms with Gasteiger partial charge in [-0.15, -0.1) is 0 Å². The second kappa shape index (κ2) is 3.22. The van der Waals surface area contributed by atoms with Gasteiger partial charge in [0, 0.05) is 0 Å². The molecule has 4 fully saturated rings. The fourth-order valence-corrected chi connectivity index (χ4v) is 5.00. The maximum Gasteiger partial charge on any atom is 0.141 e. The van der Waals surface area contributed by atoms with Crippen LogP contribution in [0.15, 0.2) is 0 Å². The second-order valence-corrected chi connectivity index (χ2v) is 6.27. The molecule has 0 aliphatic heterocycles. The first-order valence-corrected chi connectivity index (χ1v) is 6.27. The topological polar surface area (TPSA) is 44.0 Å². The molecule has 4 aliphatic carbocycles. The molecule has 0 aromatic heterocycles. The normalized spacial score (nSPS) is 48.9. The van der Waals surface area contributed by atoms with Crippen LogP contribution in [-0.4, -0.2) is 11.2 Å². The highest BCUT2D eigenvalue weighted by Gasteiger charge is 2.51. The highest BCUT2D eigenvalue weighted by molar-refractivity contribution is 5.03. The fraction of sp³-hybridized carbons (Fsp3) is 0.923. The Hall–Kier alpha value is -0.550. The largest absolute Gasteiger partial charge is 0.378 e. The number of hydrogen-bond acceptors (Lipinski definition) is 2. The maximum absolute atomic E-state index is 9.56. The maximum atomic E-state index is 9.56. The summed E-state index contributed by atoms with van der Waals surface area (Å²) in [4.78, 5) is 0. The third-order valence-electron chi connectivity index (χ3n) is 4.94. The molecule has 0 saturated heterocycles. The van der Waals surface area contributed by atoms with Crippen molar-refractivity contribution in [2.24, 2.45) is 23.2 Å². The third kappa shape index (κ3) is 1.58. The van der Waals surface area contributed by atoms with E-state index < -0.39 is 6.10 Å². The molecular formula is C13H19NO. The molecule has 0 radical (unpaired) electrons. The Morgan fingerprint density at radius 3 is 2.00 bits per heavy atom. The van der Waals surface area contributed by atoms with Gasteiger partial charge in [-0.05, 0) is 68.1 Å². The number of rotatable bonds is 2. The lowest BCUT2D eigenvalue weighted by molar-refractivity contribution is -0.0698. The van der Waals surface area contributed by atoms with E-state index in [1.165, 1.54) is 38.5 Å². The lowest BCUT2D eigenvalue weighted by Gasteiger charge is -2.57. The standard InChI is InChI=1S/C13H19NO/c14-8-12(15)7-13-4-9-1-10(5-13)3-11(2-9)6-13/h9-12,15H,1-7H2. The zero-order valence-corrected chi connectivity index (χ0v) is 9.15. The van der Waals surface area contributed by atoms with E-state index in [-0.39, 0.29) is 0 Å². The van der Waals surface area contributed by atoms with Crippen LogP contribution in [0.1, 0.15) is 44.9 Å². The predicted octanol–water partition coefficient (Wildman–Crippen LogP) is 2.48. The Balaban J connectivity index is 1.78. The third-order valence-corrected chi connectivity index (χ3v) is 4.94. The van der Waals surface area contributed by atoms with Crippen LogP contribution in [0.4, 0.5) is 0 Å². The van der Waals surface area contributed by atoms with Crippen LogP contribution in [0.2, 0.25) is 0 Å². The van der Waals surface area contributed by atoms with E-state index in [0.717, 1.165) is 24.2 Å². The van der Waals surface area contributed by atoms with Crippen molar-refractivity contribution in [2.45, 2.75) is 51.0 Å². The van der Waals surface area contributed by atoms with Gasteiger partial charge in [-0.2, -0.15) is 5.26 Å². The smallest absolute Gasteiger partial charge is 0.141 e. The van der Waals surface area contributed by atoms with E-state index in [9.17, 15) is 5.11 Å². The van der Waals surface area contributed by atoms with Gasteiger partial charge in [0.05, 0.1) is 6.07 Å². The van der Waals surface area contributed by atoms with Crippen molar-refractivity contribution in [2.75, 3.05) is 0 Å². The molecule has 0 aromatic rings. The van der Waals surface area contributed by atoms with Gasteiger partial charge in [-0.25, -0.2) is 0 Å². The molecule has 0 spiro atoms. The molecule has 4 aliphatic rings. The van der Waals surface area contributed by atoms with Crippen molar-refractivity contribution in [1.82, 2.24) is 0 Å². The van der Waals surface area contributed by atoms with Gasteiger partial charge >= 0.3 is 0 Å². The average molecular weight is 205 g/mol. The Labute approximate surface area is 91.3 Å². The van der Waals surface area contributed by atoms with Crippen LogP contribution >= 0.6 is 0 Å². The van der Waals surface area contributed by atoms with Crippen LogP contribution in [-0.2, 0) is 0 Å². The summed E-state index contributed by atoms with van der Waals surface area (Å²) in [7, 11) is 0. The molecule has 1 atom stereocenters. The SMILES string of the molecule is N#CC(O)CC12CC3CC(CC(C3)C1)C2. The second-order valence-electron chi connectivity index (χ2n) is 6.27. The number of nitrogens with zero attached hydrogens (tertiary/aromatic N) is 1. The minimum Gasteiger partial charge on any atom is -0.378 e. The predicted molar refractivity (Wildman–Crippen MR) is 56.8 cm³/mol. The Morgan fingerprint density at radius 2 is 1.60 bits per heavy atom. The lowest BCUT2D eigenvalue weighted by atomic mass is 9.48. The number of hydrogen-bond donors (Lipinski definition) is 1. The molecule has 15 heavy (non-hydrogen) atoms. The van der Waals surface area contributed by atoms with Gasteiger partial charge in [0.1, 0.15) is 6.10 Å². The molecule has 2 heteroatoms. The summed E-state index contributed by atoms with van der Waals surface area (Å²) in [5.74, 6) is 2.76. The molecule has 2 nitrogen and oxygen atoms in total. The Morgan fingerprint density at radius 1 is 1.13 bits per heavy atom. The summed E-state index contributed by atoms with van der Waals surface area (Å²) in [5.41, 5.74) is 0.351. The summed E-state index contributed by atoms with van der Waals surface area (Å²) in [5, 5.41) is 18.3. The van der Waals surface area contributed by atoms with Crippen LogP contribution in [0.3, 0.4) is 0 Å². The molecule has 4 bridgehead atoms. The van der Waals surface area contributed by atoms with Gasteiger partial charge in [0.2, 0.25) is 0 Å². The molecule has 1 N–H and O–H groups in total. The first-order chi connectivity index (χ1) is 7.19. The lowest BCUT2D eigenvalue weighted by Crippen LogP contribution is -2.47. The Kier molecular flexibility index (Phi) is 2.07. The summed E-state index contributed by atoms with van der Waals surface area (Å²) in [6.07, 6.45) is 8.19. The van der Waals surface area contributed by atoms with Gasteiger partial charge in [-0.3, -0.25) is 0 Å². The number of aliphatic hydroxyl groups excluding tert-OH is 1. The van der Waals surface area contributed by atoms with Crippen molar-refractivity contribution in [3.63, 3.8) is 0 Å². The number of nitriles is 1. The van der Waals surface area contributed by atoms with E-state index in [0.29, 0.717) is 5.41 Å². The fourth-order valence-electron chi connectivity index (χ4n) is 5.00. The van der Waals surface area contributed by atoms with Crippen LogP contribution < -0.4 is 0 Å². The summed E-state index contributed by atoms with van der Waals surface area (Å²) >= 11 is 0. The van der Waals surface area contributed by atoms with Crippen molar-refractivity contribution >= 4 is 0 Å². The average Bonchev–Trinajstić information content (AvgIpc) is 2.14. The van der Waals surface area contributed by atoms with Gasteiger partial charge in [0.25, 0.3) is 0 Å². The van der Waals surface area contributed by atoms with Crippen LogP contribution in [0.25, 0.3) is 0 Å². The molecule has 1 unspecified atom stereocenters. The monoisotopic (exact) mass is 205 g/mol. The van der Waals surface area contributed by atoms with Gasteiger partial charge < -0.3 is 5.11 Å². The quantitative estimate of drug-likeness (QED) is 0.704. The van der Waals surface area contributed by atoms with Gasteiger partial charge in [0.15, 0.2) is 0 Å². The van der Waals surface area contributed by atoms with Crippen molar-refractivity contribution < 1.29 is 5.11 Å². The van der Waals surface area contributed by atoms with Crippen molar-refractivity contribution in [1.29, 1.82) is 5.26 Å². The molecule has 4 rings (SSSR count). The van der Waals surface area contributed by atoms with E-state index >= 15 is 0 Å². The first-order valence-electron chi connectivity index (χ1n) is 6.27. The Bertz CT molecular complexity index is 269. The molecule has 0 amide bonds. The molecule has 4 saturated carbocycles. The van der Waals surface area contributed by atoms with E-state index in [4.69, 9.17) is 5.26 Å². The molecule has 0 heterocycles. The molecular weight excluding hydrogens is 186 g/mol. The van der Waals surface area contributed by atoms with Crippen molar-refractivity contribution in [3.05, 3.63) is 0 Å². The molecule has 0 aromatic carbocycles. The van der Waals surface area contributed by atoms with E-state index in [1.54, 1.807) is 0 Å². The summed E-state index contributed by atoms with van der Waals surface area (Å²) < 4.78 is 0. The highest BCUT2D eigenvalue weighted by atomic mass is 16.3. The number of aliphatic hydroxyl groups is 1. The first kappa shape index (κ1) is 9.66. The van der Waals surface area contributed by atoms with E-state index in [1.807, 2.05) is 6.07 Å². The van der Waals surface area contributed by atoms with Crippen LogP contribution in [0.5, 0.6) is 0 Å². The molecule has 82 valence electrons. The minimum atomic E-state index is -0.721. The summed E-state index contributed by atoms with van der Waals surface area (Å²) in [6.45, 7) is 0. The van der Waals surface area contributed by atoms with E-state index in [2.05, 4.69) is 0 Å². The minimum absolute atomic E-state index is 0.351. The zero-order valence-electron chi connectivity index (χ0n) is 9.15. The van der Waals surface area contributed by atoms with Crippen LogP contribution in [0, 0.1) is 34.5 Å². The summed E-state index contributed by atoms with van der Waals surface area (Å²) in [6, 6.07) is 2.00. The van der Waals surface area contributed by atoms with Gasteiger partial charge in [-0.1, -0.05) is 0 Å².